The Balaban J connectivity index is 1.73. The molecular formula is C14H24N4. The van der Waals surface area contributed by atoms with E-state index in [1.165, 1.54) is 38.1 Å². The van der Waals surface area contributed by atoms with Crippen LogP contribution in [0.5, 0.6) is 0 Å². The molecule has 4 nitrogen and oxygen atoms in total. The van der Waals surface area contributed by atoms with Gasteiger partial charge >= 0.3 is 0 Å². The predicted molar refractivity (Wildman–Crippen MR) is 71.6 cm³/mol. The van der Waals surface area contributed by atoms with Gasteiger partial charge in [0, 0.05) is 24.9 Å². The van der Waals surface area contributed by atoms with E-state index < -0.39 is 0 Å². The monoisotopic (exact) mass is 248 g/mol. The zero-order valence-corrected chi connectivity index (χ0v) is 11.6. The fourth-order valence-corrected chi connectivity index (χ4v) is 3.45. The van der Waals surface area contributed by atoms with Crippen LogP contribution in [-0.4, -0.2) is 38.8 Å². The molecule has 18 heavy (non-hydrogen) atoms. The quantitative estimate of drug-likeness (QED) is 0.822. The van der Waals surface area contributed by atoms with Crippen molar-refractivity contribution in [3.05, 3.63) is 11.6 Å². The highest BCUT2D eigenvalue weighted by Crippen LogP contribution is 2.26. The molecule has 2 aliphatic heterocycles. The molecule has 0 radical (unpaired) electrons. The van der Waals surface area contributed by atoms with Crippen molar-refractivity contribution >= 4 is 0 Å². The minimum atomic E-state index is 0.589. The first-order valence-corrected chi connectivity index (χ1v) is 7.45. The minimum Gasteiger partial charge on any atom is -0.300 e. The first-order valence-electron chi connectivity index (χ1n) is 7.45. The third kappa shape index (κ3) is 2.18. The van der Waals surface area contributed by atoms with E-state index in [1.54, 1.807) is 0 Å². The van der Waals surface area contributed by atoms with Crippen LogP contribution in [0.4, 0.5) is 0 Å². The fourth-order valence-electron chi connectivity index (χ4n) is 3.45. The van der Waals surface area contributed by atoms with Gasteiger partial charge in [-0.2, -0.15) is 5.10 Å². The number of rotatable bonds is 3. The number of fused-ring (bicyclic) bond motifs is 1. The SMILES string of the molecule is CCN1CCCC1Cc1nc2n(n1)CCCC2C. The Labute approximate surface area is 109 Å². The molecule has 0 aromatic carbocycles. The van der Waals surface area contributed by atoms with Gasteiger partial charge in [-0.15, -0.1) is 0 Å². The third-order valence-electron chi connectivity index (χ3n) is 4.52. The molecule has 2 atom stereocenters. The van der Waals surface area contributed by atoms with Gasteiger partial charge < -0.3 is 4.90 Å². The van der Waals surface area contributed by atoms with E-state index in [4.69, 9.17) is 10.1 Å². The molecule has 0 spiro atoms. The second kappa shape index (κ2) is 5.00. The van der Waals surface area contributed by atoms with E-state index in [0.29, 0.717) is 12.0 Å². The van der Waals surface area contributed by atoms with Crippen LogP contribution in [0, 0.1) is 0 Å². The van der Waals surface area contributed by atoms with Crippen molar-refractivity contribution in [2.45, 2.75) is 64.5 Å². The Morgan fingerprint density at radius 1 is 1.22 bits per heavy atom. The van der Waals surface area contributed by atoms with Crippen molar-refractivity contribution in [2.24, 2.45) is 0 Å². The van der Waals surface area contributed by atoms with E-state index in [2.05, 4.69) is 23.4 Å². The lowest BCUT2D eigenvalue weighted by Crippen LogP contribution is -2.31. The van der Waals surface area contributed by atoms with Crippen LogP contribution >= 0.6 is 0 Å². The Hall–Kier alpha value is -0.900. The van der Waals surface area contributed by atoms with E-state index >= 15 is 0 Å². The number of likely N-dealkylation sites (N-methyl/N-ethyl adjacent to an activating group) is 1. The van der Waals surface area contributed by atoms with Crippen LogP contribution in [0.3, 0.4) is 0 Å². The molecule has 0 amide bonds. The normalized spacial score (nSPS) is 28.6. The summed E-state index contributed by atoms with van der Waals surface area (Å²) in [4.78, 5) is 7.36. The van der Waals surface area contributed by atoms with Crippen molar-refractivity contribution in [1.82, 2.24) is 19.7 Å². The summed E-state index contributed by atoms with van der Waals surface area (Å²) in [5, 5.41) is 4.71. The predicted octanol–water partition coefficient (Wildman–Crippen LogP) is 2.20. The van der Waals surface area contributed by atoms with E-state index in [0.717, 1.165) is 25.3 Å². The molecule has 1 aromatic heterocycles. The number of hydrogen-bond donors (Lipinski definition) is 0. The number of aromatic nitrogens is 3. The first kappa shape index (κ1) is 12.2. The highest BCUT2D eigenvalue weighted by molar-refractivity contribution is 5.03. The van der Waals surface area contributed by atoms with Crippen LogP contribution in [0.15, 0.2) is 0 Å². The highest BCUT2D eigenvalue weighted by atomic mass is 15.4. The summed E-state index contributed by atoms with van der Waals surface area (Å²) in [6, 6.07) is 0.676. The van der Waals surface area contributed by atoms with E-state index in [9.17, 15) is 0 Å². The van der Waals surface area contributed by atoms with E-state index in [1.807, 2.05) is 0 Å². The van der Waals surface area contributed by atoms with Gasteiger partial charge in [0.2, 0.25) is 0 Å². The molecule has 2 unspecified atom stereocenters. The molecule has 3 heterocycles. The second-order valence-electron chi connectivity index (χ2n) is 5.78. The Morgan fingerprint density at radius 2 is 2.06 bits per heavy atom. The van der Waals surface area contributed by atoms with E-state index in [-0.39, 0.29) is 0 Å². The summed E-state index contributed by atoms with van der Waals surface area (Å²) < 4.78 is 2.15. The smallest absolute Gasteiger partial charge is 0.152 e. The van der Waals surface area contributed by atoms with Crippen LogP contribution in [0.2, 0.25) is 0 Å². The van der Waals surface area contributed by atoms with Gasteiger partial charge in [-0.3, -0.25) is 0 Å². The lowest BCUT2D eigenvalue weighted by molar-refractivity contribution is 0.263. The average Bonchev–Trinajstić information content (AvgIpc) is 2.96. The standard InChI is InChI=1S/C14H24N4/c1-3-17-8-5-7-12(17)10-13-15-14-11(2)6-4-9-18(14)16-13/h11-12H,3-10H2,1-2H3. The summed E-state index contributed by atoms with van der Waals surface area (Å²) in [6.07, 6.45) is 6.21. The summed E-state index contributed by atoms with van der Waals surface area (Å²) in [5.41, 5.74) is 0. The van der Waals surface area contributed by atoms with Crippen molar-refractivity contribution in [3.63, 3.8) is 0 Å². The molecule has 100 valence electrons. The van der Waals surface area contributed by atoms with Gasteiger partial charge in [-0.25, -0.2) is 9.67 Å². The van der Waals surface area contributed by atoms with Crippen LogP contribution in [-0.2, 0) is 13.0 Å². The molecule has 1 aromatic rings. The fraction of sp³-hybridized carbons (Fsp3) is 0.857. The molecule has 3 rings (SSSR count). The number of likely N-dealkylation sites (tertiary alicyclic amines) is 1. The Bertz CT molecular complexity index is 412. The van der Waals surface area contributed by atoms with Crippen LogP contribution in [0.25, 0.3) is 0 Å². The topological polar surface area (TPSA) is 34.0 Å². The van der Waals surface area contributed by atoms with Gasteiger partial charge in [-0.05, 0) is 38.8 Å². The number of hydrogen-bond acceptors (Lipinski definition) is 3. The molecule has 0 aliphatic carbocycles. The van der Waals surface area contributed by atoms with Crippen LogP contribution < -0.4 is 0 Å². The van der Waals surface area contributed by atoms with Crippen molar-refractivity contribution in [2.75, 3.05) is 13.1 Å². The van der Waals surface area contributed by atoms with Gasteiger partial charge in [-0.1, -0.05) is 13.8 Å². The second-order valence-corrected chi connectivity index (χ2v) is 5.78. The lowest BCUT2D eigenvalue weighted by atomic mass is 10.0. The van der Waals surface area contributed by atoms with Gasteiger partial charge in [0.15, 0.2) is 5.82 Å². The highest BCUT2D eigenvalue weighted by Gasteiger charge is 2.26. The molecule has 4 heteroatoms. The average molecular weight is 248 g/mol. The maximum atomic E-state index is 4.79. The van der Waals surface area contributed by atoms with Gasteiger partial charge in [0.05, 0.1) is 0 Å². The van der Waals surface area contributed by atoms with Crippen molar-refractivity contribution < 1.29 is 0 Å². The Kier molecular flexibility index (Phi) is 3.37. The molecule has 0 bridgehead atoms. The van der Waals surface area contributed by atoms with Crippen LogP contribution in [0.1, 0.15) is 57.1 Å². The van der Waals surface area contributed by atoms with Crippen molar-refractivity contribution in [3.8, 4) is 0 Å². The maximum absolute atomic E-state index is 4.79. The lowest BCUT2D eigenvalue weighted by Gasteiger charge is -2.21. The summed E-state index contributed by atoms with van der Waals surface area (Å²) in [5.74, 6) is 2.88. The molecule has 0 saturated carbocycles. The molecular weight excluding hydrogens is 224 g/mol. The minimum absolute atomic E-state index is 0.589. The molecule has 2 aliphatic rings. The number of aryl methyl sites for hydroxylation is 1. The molecule has 0 N–H and O–H groups in total. The molecule has 1 saturated heterocycles. The first-order chi connectivity index (χ1) is 8.78. The zero-order chi connectivity index (χ0) is 12.5. The largest absolute Gasteiger partial charge is 0.300 e. The summed E-state index contributed by atoms with van der Waals surface area (Å²) in [6.45, 7) is 8.01. The third-order valence-corrected chi connectivity index (χ3v) is 4.52. The maximum Gasteiger partial charge on any atom is 0.152 e. The van der Waals surface area contributed by atoms with Gasteiger partial charge in [0.1, 0.15) is 5.82 Å². The summed E-state index contributed by atoms with van der Waals surface area (Å²) >= 11 is 0. The van der Waals surface area contributed by atoms with Crippen molar-refractivity contribution in [1.29, 1.82) is 0 Å². The molecule has 1 fully saturated rings. The zero-order valence-electron chi connectivity index (χ0n) is 11.6. The van der Waals surface area contributed by atoms with Gasteiger partial charge in [0.25, 0.3) is 0 Å². The Morgan fingerprint density at radius 3 is 2.83 bits per heavy atom. The number of nitrogens with zero attached hydrogens (tertiary/aromatic N) is 4. The summed E-state index contributed by atoms with van der Waals surface area (Å²) in [7, 11) is 0.